The van der Waals surface area contributed by atoms with Gasteiger partial charge in [0.2, 0.25) is 5.95 Å². The quantitative estimate of drug-likeness (QED) is 0.275. The number of aromatic nitrogens is 3. The molecule has 1 aliphatic carbocycles. The second-order valence-corrected chi connectivity index (χ2v) is 9.34. The summed E-state index contributed by atoms with van der Waals surface area (Å²) >= 11 is 1.52. The van der Waals surface area contributed by atoms with Gasteiger partial charge in [-0.3, -0.25) is 0 Å². The zero-order chi connectivity index (χ0) is 23.0. The van der Waals surface area contributed by atoms with Crippen molar-refractivity contribution in [3.8, 4) is 10.6 Å². The predicted molar refractivity (Wildman–Crippen MR) is 129 cm³/mol. The minimum Gasteiger partial charge on any atom is -0.396 e. The molecule has 3 atom stereocenters. The zero-order valence-electron chi connectivity index (χ0n) is 18.1. The van der Waals surface area contributed by atoms with E-state index < -0.39 is 17.7 Å². The second-order valence-electron chi connectivity index (χ2n) is 8.31. The highest BCUT2D eigenvalue weighted by Crippen LogP contribution is 2.40. The minimum absolute atomic E-state index is 0.195. The Kier molecular flexibility index (Phi) is 5.71. The number of hydrogen-bond acceptors (Lipinski definition) is 9. The van der Waals surface area contributed by atoms with Gasteiger partial charge in [-0.1, -0.05) is 30.3 Å². The lowest BCUT2D eigenvalue weighted by molar-refractivity contribution is -0.0545. The Morgan fingerprint density at radius 2 is 1.82 bits per heavy atom. The highest BCUT2D eigenvalue weighted by atomic mass is 32.1. The van der Waals surface area contributed by atoms with Crippen LogP contribution < -0.4 is 10.6 Å². The standard InChI is InChI=1S/C24H25N5O3S/c1-14-19(22-27-17-9-5-6-10-18(17)33-22)21(29-24(32)12-11-15(13-30)20(24)31)28-23(25-14)26-16-7-3-2-4-8-16/h2-10,15,20,30-32H,11-13H2,1H3,(H2,25,26,28,29). The fraction of sp³-hybridized carbons (Fsp3) is 0.292. The molecule has 0 amide bonds. The Bertz CT molecular complexity index is 1250. The molecule has 0 spiro atoms. The van der Waals surface area contributed by atoms with Gasteiger partial charge in [0.1, 0.15) is 16.9 Å². The van der Waals surface area contributed by atoms with Gasteiger partial charge in [-0.15, -0.1) is 11.3 Å². The molecule has 2 aromatic heterocycles. The summed E-state index contributed by atoms with van der Waals surface area (Å²) in [5.74, 6) is 0.333. The van der Waals surface area contributed by atoms with Gasteiger partial charge in [-0.2, -0.15) is 4.98 Å². The Morgan fingerprint density at radius 3 is 2.55 bits per heavy atom. The van der Waals surface area contributed by atoms with Crippen LogP contribution in [0.25, 0.3) is 20.8 Å². The minimum atomic E-state index is -1.62. The molecule has 33 heavy (non-hydrogen) atoms. The van der Waals surface area contributed by atoms with Crippen molar-refractivity contribution in [2.75, 3.05) is 17.2 Å². The molecule has 1 fully saturated rings. The van der Waals surface area contributed by atoms with Crippen LogP contribution in [0.5, 0.6) is 0 Å². The molecular formula is C24H25N5O3S. The first-order chi connectivity index (χ1) is 16.0. The van der Waals surface area contributed by atoms with Crippen LogP contribution in [0.3, 0.4) is 0 Å². The van der Waals surface area contributed by atoms with Crippen molar-refractivity contribution in [2.24, 2.45) is 5.92 Å². The lowest BCUT2D eigenvalue weighted by Crippen LogP contribution is -2.48. The van der Waals surface area contributed by atoms with Gasteiger partial charge in [0, 0.05) is 18.2 Å². The zero-order valence-corrected chi connectivity index (χ0v) is 18.9. The first-order valence-electron chi connectivity index (χ1n) is 10.8. The third-order valence-corrected chi connectivity index (χ3v) is 7.08. The number of aryl methyl sites for hydroxylation is 1. The molecule has 5 rings (SSSR count). The number of anilines is 3. The number of rotatable bonds is 6. The first kappa shape index (κ1) is 21.7. The van der Waals surface area contributed by atoms with Gasteiger partial charge < -0.3 is 26.0 Å². The van der Waals surface area contributed by atoms with Gasteiger partial charge in [0.25, 0.3) is 0 Å². The molecule has 5 N–H and O–H groups in total. The average Bonchev–Trinajstić information content (AvgIpc) is 3.35. The largest absolute Gasteiger partial charge is 0.396 e. The summed E-state index contributed by atoms with van der Waals surface area (Å²) in [5, 5.41) is 38.5. The summed E-state index contributed by atoms with van der Waals surface area (Å²) in [6.45, 7) is 1.68. The van der Waals surface area contributed by atoms with Gasteiger partial charge in [-0.05, 0) is 44.0 Å². The van der Waals surface area contributed by atoms with Crippen molar-refractivity contribution in [3.63, 3.8) is 0 Å². The average molecular weight is 464 g/mol. The van der Waals surface area contributed by atoms with Crippen LogP contribution in [0.1, 0.15) is 18.5 Å². The van der Waals surface area contributed by atoms with Crippen molar-refractivity contribution in [3.05, 3.63) is 60.3 Å². The molecule has 0 radical (unpaired) electrons. The number of fused-ring (bicyclic) bond motifs is 1. The van der Waals surface area contributed by atoms with E-state index in [2.05, 4.69) is 20.6 Å². The van der Waals surface area contributed by atoms with E-state index >= 15 is 0 Å². The molecule has 4 aromatic rings. The summed E-state index contributed by atoms with van der Waals surface area (Å²) in [4.78, 5) is 14.1. The van der Waals surface area contributed by atoms with Crippen LogP contribution in [0.4, 0.5) is 17.5 Å². The maximum absolute atomic E-state index is 11.2. The summed E-state index contributed by atoms with van der Waals surface area (Å²) in [5.41, 5.74) is 1.43. The molecule has 8 nitrogen and oxygen atoms in total. The van der Waals surface area contributed by atoms with Crippen LogP contribution in [0.2, 0.25) is 0 Å². The predicted octanol–water partition coefficient (Wildman–Crippen LogP) is 3.67. The highest BCUT2D eigenvalue weighted by molar-refractivity contribution is 7.21. The summed E-state index contributed by atoms with van der Waals surface area (Å²) < 4.78 is 1.03. The third-order valence-electron chi connectivity index (χ3n) is 6.03. The van der Waals surface area contributed by atoms with Crippen molar-refractivity contribution >= 4 is 39.0 Å². The molecule has 3 unspecified atom stereocenters. The number of benzene rings is 2. The number of thiazole rings is 1. The molecule has 0 bridgehead atoms. The number of para-hydroxylation sites is 2. The Hall–Kier alpha value is -3.11. The van der Waals surface area contributed by atoms with Crippen molar-refractivity contribution < 1.29 is 15.3 Å². The number of nitrogens with zero attached hydrogens (tertiary/aromatic N) is 3. The first-order valence-corrected chi connectivity index (χ1v) is 11.6. The number of nitrogens with one attached hydrogen (secondary N) is 2. The van der Waals surface area contributed by atoms with E-state index in [1.54, 1.807) is 0 Å². The summed E-state index contributed by atoms with van der Waals surface area (Å²) in [7, 11) is 0. The molecule has 0 saturated heterocycles. The second kappa shape index (κ2) is 8.68. The summed E-state index contributed by atoms with van der Waals surface area (Å²) in [6.07, 6.45) is -0.355. The van der Waals surface area contributed by atoms with Crippen LogP contribution in [-0.2, 0) is 0 Å². The van der Waals surface area contributed by atoms with Crippen LogP contribution in [0.15, 0.2) is 54.6 Å². The Labute approximate surface area is 195 Å². The molecule has 9 heteroatoms. The number of aliphatic hydroxyl groups excluding tert-OH is 2. The van der Waals surface area contributed by atoms with E-state index in [0.717, 1.165) is 20.9 Å². The highest BCUT2D eigenvalue weighted by Gasteiger charge is 2.47. The lowest BCUT2D eigenvalue weighted by Gasteiger charge is -2.31. The van der Waals surface area contributed by atoms with E-state index in [9.17, 15) is 15.3 Å². The van der Waals surface area contributed by atoms with Crippen LogP contribution in [-0.4, -0.2) is 48.7 Å². The van der Waals surface area contributed by atoms with Crippen LogP contribution in [0, 0.1) is 12.8 Å². The molecule has 1 saturated carbocycles. The van der Waals surface area contributed by atoms with E-state index in [1.165, 1.54) is 11.3 Å². The fourth-order valence-electron chi connectivity index (χ4n) is 4.24. The molecule has 1 aliphatic rings. The molecule has 2 heterocycles. The van der Waals surface area contributed by atoms with E-state index in [1.807, 2.05) is 61.5 Å². The molecule has 2 aromatic carbocycles. The lowest BCUT2D eigenvalue weighted by atomic mass is 10.0. The van der Waals surface area contributed by atoms with E-state index in [0.29, 0.717) is 29.4 Å². The SMILES string of the molecule is Cc1nc(Nc2ccccc2)nc(NC2(O)CCC(CO)C2O)c1-c1nc2ccccc2s1. The van der Waals surface area contributed by atoms with Crippen LogP contribution >= 0.6 is 11.3 Å². The smallest absolute Gasteiger partial charge is 0.229 e. The molecule has 0 aliphatic heterocycles. The Balaban J connectivity index is 1.60. The van der Waals surface area contributed by atoms with E-state index in [-0.39, 0.29) is 13.0 Å². The normalized spacial score (nSPS) is 22.5. The van der Waals surface area contributed by atoms with Gasteiger partial charge >= 0.3 is 0 Å². The fourth-order valence-corrected chi connectivity index (χ4v) is 5.30. The monoisotopic (exact) mass is 463 g/mol. The summed E-state index contributed by atoms with van der Waals surface area (Å²) in [6, 6.07) is 17.4. The van der Waals surface area contributed by atoms with Crippen molar-refractivity contribution in [2.45, 2.75) is 31.6 Å². The number of hydrogen-bond donors (Lipinski definition) is 5. The third kappa shape index (κ3) is 4.16. The van der Waals surface area contributed by atoms with Gasteiger partial charge in [0.15, 0.2) is 5.72 Å². The van der Waals surface area contributed by atoms with Crippen molar-refractivity contribution in [1.29, 1.82) is 0 Å². The maximum atomic E-state index is 11.2. The van der Waals surface area contributed by atoms with E-state index in [4.69, 9.17) is 4.98 Å². The maximum Gasteiger partial charge on any atom is 0.229 e. The molecule has 170 valence electrons. The van der Waals surface area contributed by atoms with Gasteiger partial charge in [0.05, 0.1) is 21.5 Å². The number of aliphatic hydroxyl groups is 3. The van der Waals surface area contributed by atoms with Gasteiger partial charge in [-0.25, -0.2) is 9.97 Å². The topological polar surface area (TPSA) is 123 Å². The Morgan fingerprint density at radius 1 is 1.06 bits per heavy atom. The molecular weight excluding hydrogens is 438 g/mol. The van der Waals surface area contributed by atoms with Crippen molar-refractivity contribution in [1.82, 2.24) is 15.0 Å².